The first-order chi connectivity index (χ1) is 10.2. The van der Waals surface area contributed by atoms with Crippen LogP contribution in [0.4, 0.5) is 0 Å². The number of phenolic OH excluding ortho intramolecular Hbond substituents is 1. The van der Waals surface area contributed by atoms with E-state index in [4.69, 9.17) is 4.74 Å². The minimum Gasteiger partial charge on any atom is -0.504 e. The van der Waals surface area contributed by atoms with Gasteiger partial charge in [-0.1, -0.05) is 31.7 Å². The molecular formula is C18H29NO2. The third-order valence-corrected chi connectivity index (χ3v) is 4.56. The lowest BCUT2D eigenvalue weighted by atomic mass is 9.93. The van der Waals surface area contributed by atoms with Crippen molar-refractivity contribution in [2.24, 2.45) is 5.92 Å². The van der Waals surface area contributed by atoms with Crippen LogP contribution in [0.25, 0.3) is 0 Å². The van der Waals surface area contributed by atoms with Crippen molar-refractivity contribution in [3.05, 3.63) is 23.8 Å². The van der Waals surface area contributed by atoms with Crippen molar-refractivity contribution in [1.82, 2.24) is 5.32 Å². The van der Waals surface area contributed by atoms with Crippen molar-refractivity contribution in [2.75, 3.05) is 6.61 Å². The van der Waals surface area contributed by atoms with Gasteiger partial charge in [-0.2, -0.15) is 0 Å². The molecule has 0 radical (unpaired) electrons. The molecule has 1 aromatic carbocycles. The molecule has 0 unspecified atom stereocenters. The van der Waals surface area contributed by atoms with Gasteiger partial charge in [0.2, 0.25) is 0 Å². The van der Waals surface area contributed by atoms with Gasteiger partial charge in [-0.25, -0.2) is 0 Å². The van der Waals surface area contributed by atoms with Crippen molar-refractivity contribution < 1.29 is 9.84 Å². The average molecular weight is 291 g/mol. The van der Waals surface area contributed by atoms with Crippen LogP contribution in [0.2, 0.25) is 0 Å². The normalized spacial score (nSPS) is 18.2. The molecule has 1 aliphatic rings. The Morgan fingerprint density at radius 2 is 1.95 bits per heavy atom. The van der Waals surface area contributed by atoms with E-state index in [0.717, 1.165) is 18.0 Å². The Balaban J connectivity index is 1.88. The molecule has 0 spiro atoms. The summed E-state index contributed by atoms with van der Waals surface area (Å²) in [6, 6.07) is 6.17. The lowest BCUT2D eigenvalue weighted by Crippen LogP contribution is -2.32. The zero-order valence-electron chi connectivity index (χ0n) is 13.4. The maximum absolute atomic E-state index is 9.73. The largest absolute Gasteiger partial charge is 0.504 e. The predicted octanol–water partition coefficient (Wildman–Crippen LogP) is 4.24. The summed E-state index contributed by atoms with van der Waals surface area (Å²) in [6.45, 7) is 5.64. The van der Waals surface area contributed by atoms with Crippen LogP contribution in [0.3, 0.4) is 0 Å². The Kier molecular flexibility index (Phi) is 6.37. The molecular weight excluding hydrogens is 262 g/mol. The fourth-order valence-electron chi connectivity index (χ4n) is 3.20. The van der Waals surface area contributed by atoms with Gasteiger partial charge in [0.15, 0.2) is 11.5 Å². The highest BCUT2D eigenvalue weighted by atomic mass is 16.5. The van der Waals surface area contributed by atoms with Gasteiger partial charge in [0.1, 0.15) is 0 Å². The topological polar surface area (TPSA) is 41.5 Å². The van der Waals surface area contributed by atoms with Crippen molar-refractivity contribution in [2.45, 2.75) is 65.0 Å². The molecule has 1 aliphatic carbocycles. The van der Waals surface area contributed by atoms with E-state index in [2.05, 4.69) is 12.2 Å². The van der Waals surface area contributed by atoms with Gasteiger partial charge in [-0.15, -0.1) is 0 Å². The van der Waals surface area contributed by atoms with Crippen molar-refractivity contribution in [3.8, 4) is 11.5 Å². The second kappa shape index (κ2) is 8.28. The smallest absolute Gasteiger partial charge is 0.161 e. The minimum absolute atomic E-state index is 0.220. The number of aromatic hydroxyl groups is 1. The maximum atomic E-state index is 9.73. The summed E-state index contributed by atoms with van der Waals surface area (Å²) >= 11 is 0. The van der Waals surface area contributed by atoms with Crippen molar-refractivity contribution >= 4 is 0 Å². The highest BCUT2D eigenvalue weighted by Crippen LogP contribution is 2.28. The Bertz CT molecular complexity index is 425. The average Bonchev–Trinajstić information content (AvgIpc) is 2.77. The summed E-state index contributed by atoms with van der Waals surface area (Å²) < 4.78 is 5.44. The van der Waals surface area contributed by atoms with Crippen LogP contribution < -0.4 is 10.1 Å². The molecule has 118 valence electrons. The zero-order chi connectivity index (χ0) is 15.1. The summed E-state index contributed by atoms with van der Waals surface area (Å²) in [7, 11) is 0. The number of benzene rings is 1. The molecule has 0 amide bonds. The molecule has 0 aromatic heterocycles. The highest BCUT2D eigenvalue weighted by Gasteiger charge is 2.18. The Morgan fingerprint density at radius 3 is 2.62 bits per heavy atom. The zero-order valence-corrected chi connectivity index (χ0v) is 13.4. The lowest BCUT2D eigenvalue weighted by Gasteiger charge is -2.24. The van der Waals surface area contributed by atoms with Gasteiger partial charge >= 0.3 is 0 Å². The van der Waals surface area contributed by atoms with Crippen LogP contribution in [-0.4, -0.2) is 17.8 Å². The monoisotopic (exact) mass is 291 g/mol. The standard InChI is InChI=1S/C18H29NO2/c1-3-21-18-12-15(10-11-17(18)20)13-19-14(2)16-8-6-4-5-7-9-16/h10-12,14,16,19-20H,3-9,13H2,1-2H3/t14-/m1/s1. The molecule has 21 heavy (non-hydrogen) atoms. The molecule has 0 heterocycles. The molecule has 0 bridgehead atoms. The summed E-state index contributed by atoms with van der Waals surface area (Å²) in [6.07, 6.45) is 8.27. The Labute approximate surface area is 128 Å². The van der Waals surface area contributed by atoms with E-state index in [0.29, 0.717) is 18.4 Å². The number of ether oxygens (including phenoxy) is 1. The molecule has 1 saturated carbocycles. The summed E-state index contributed by atoms with van der Waals surface area (Å²) in [4.78, 5) is 0. The lowest BCUT2D eigenvalue weighted by molar-refractivity contribution is 0.316. The molecule has 1 aromatic rings. The van der Waals surface area contributed by atoms with Gasteiger partial charge < -0.3 is 15.2 Å². The van der Waals surface area contributed by atoms with Gasteiger partial charge in [0, 0.05) is 12.6 Å². The quantitative estimate of drug-likeness (QED) is 0.770. The minimum atomic E-state index is 0.220. The van der Waals surface area contributed by atoms with Gasteiger partial charge in [0.05, 0.1) is 6.61 Å². The van der Waals surface area contributed by atoms with Crippen LogP contribution >= 0.6 is 0 Å². The third-order valence-electron chi connectivity index (χ3n) is 4.56. The molecule has 3 nitrogen and oxygen atoms in total. The van der Waals surface area contributed by atoms with Gasteiger partial charge in [-0.05, 0) is 50.3 Å². The predicted molar refractivity (Wildman–Crippen MR) is 86.8 cm³/mol. The molecule has 1 atom stereocenters. The second-order valence-electron chi connectivity index (χ2n) is 6.16. The fraction of sp³-hybridized carbons (Fsp3) is 0.667. The highest BCUT2D eigenvalue weighted by molar-refractivity contribution is 5.41. The van der Waals surface area contributed by atoms with Crippen LogP contribution in [0.15, 0.2) is 18.2 Å². The molecule has 2 N–H and O–H groups in total. The SMILES string of the molecule is CCOc1cc(CN[C@H](C)C2CCCCCC2)ccc1O. The van der Waals surface area contributed by atoms with Crippen LogP contribution in [0.1, 0.15) is 57.9 Å². The fourth-order valence-corrected chi connectivity index (χ4v) is 3.20. The number of hydrogen-bond donors (Lipinski definition) is 2. The second-order valence-corrected chi connectivity index (χ2v) is 6.16. The van der Waals surface area contributed by atoms with Crippen molar-refractivity contribution in [1.29, 1.82) is 0 Å². The Hall–Kier alpha value is -1.22. The van der Waals surface area contributed by atoms with E-state index in [-0.39, 0.29) is 5.75 Å². The maximum Gasteiger partial charge on any atom is 0.161 e. The molecule has 1 fully saturated rings. The summed E-state index contributed by atoms with van der Waals surface area (Å²) in [5.41, 5.74) is 1.16. The first-order valence-corrected chi connectivity index (χ1v) is 8.38. The van der Waals surface area contributed by atoms with E-state index in [1.54, 1.807) is 6.07 Å². The number of rotatable bonds is 6. The van der Waals surface area contributed by atoms with Crippen molar-refractivity contribution in [3.63, 3.8) is 0 Å². The summed E-state index contributed by atoms with van der Waals surface area (Å²) in [5, 5.41) is 13.4. The number of phenols is 1. The van der Waals surface area contributed by atoms with Crippen LogP contribution in [0.5, 0.6) is 11.5 Å². The first-order valence-electron chi connectivity index (χ1n) is 8.38. The van der Waals surface area contributed by atoms with E-state index < -0.39 is 0 Å². The van der Waals surface area contributed by atoms with E-state index in [9.17, 15) is 5.11 Å². The molecule has 3 heteroatoms. The molecule has 2 rings (SSSR count). The van der Waals surface area contributed by atoms with E-state index in [1.807, 2.05) is 19.1 Å². The molecule has 0 aliphatic heterocycles. The van der Waals surface area contributed by atoms with Gasteiger partial charge in [0.25, 0.3) is 0 Å². The van der Waals surface area contributed by atoms with Crippen LogP contribution in [-0.2, 0) is 6.54 Å². The molecule has 0 saturated heterocycles. The first kappa shape index (κ1) is 16.2. The van der Waals surface area contributed by atoms with Crippen LogP contribution in [0, 0.1) is 5.92 Å². The van der Waals surface area contributed by atoms with Gasteiger partial charge in [-0.3, -0.25) is 0 Å². The number of hydrogen-bond acceptors (Lipinski definition) is 3. The summed E-state index contributed by atoms with van der Waals surface area (Å²) in [5.74, 6) is 1.60. The van der Waals surface area contributed by atoms with E-state index in [1.165, 1.54) is 38.5 Å². The van der Waals surface area contributed by atoms with E-state index >= 15 is 0 Å². The Morgan fingerprint density at radius 1 is 1.24 bits per heavy atom. The number of nitrogens with one attached hydrogen (secondary N) is 1. The third kappa shape index (κ3) is 4.92.